The Bertz CT molecular complexity index is 539. The second-order valence-corrected chi connectivity index (χ2v) is 5.21. The lowest BCUT2D eigenvalue weighted by atomic mass is 10.2. The molecule has 21 heavy (non-hydrogen) atoms. The molecule has 1 fully saturated rings. The second-order valence-electron chi connectivity index (χ2n) is 5.21. The van der Waals surface area contributed by atoms with Crippen molar-refractivity contribution in [3.63, 3.8) is 0 Å². The van der Waals surface area contributed by atoms with Gasteiger partial charge in [0.25, 0.3) is 0 Å². The van der Waals surface area contributed by atoms with E-state index in [2.05, 4.69) is 12.2 Å². The number of amides is 2. The van der Waals surface area contributed by atoms with E-state index in [0.717, 1.165) is 19.4 Å². The molecule has 0 saturated carbocycles. The van der Waals surface area contributed by atoms with Gasteiger partial charge in [0.15, 0.2) is 0 Å². The third kappa shape index (κ3) is 4.07. The van der Waals surface area contributed by atoms with E-state index >= 15 is 0 Å². The highest BCUT2D eigenvalue weighted by Gasteiger charge is 2.24. The summed E-state index contributed by atoms with van der Waals surface area (Å²) in [5, 5.41) is 2.72. The summed E-state index contributed by atoms with van der Waals surface area (Å²) in [4.78, 5) is 25.8. The highest BCUT2D eigenvalue weighted by molar-refractivity contribution is 5.89. The number of rotatable bonds is 4. The molecule has 6 heteroatoms. The van der Waals surface area contributed by atoms with Gasteiger partial charge in [-0.2, -0.15) is 0 Å². The molecule has 1 aliphatic rings. The molecule has 1 unspecified atom stereocenters. The van der Waals surface area contributed by atoms with Crippen LogP contribution in [0.1, 0.15) is 26.7 Å². The fourth-order valence-corrected chi connectivity index (χ4v) is 2.41. The standard InChI is InChI=1S/C15H23N3O3/c1-3-5-12-10-18(8-9-21-12)15(20)16-13-11-17(4-2)7-6-14(13)19/h6-7,11-12H,3-5,8-10H2,1-2H3,(H,16,20). The van der Waals surface area contributed by atoms with E-state index in [1.54, 1.807) is 17.3 Å². The third-order valence-corrected chi connectivity index (χ3v) is 3.62. The molecule has 1 saturated heterocycles. The molecule has 2 rings (SSSR count). The van der Waals surface area contributed by atoms with Crippen molar-refractivity contribution in [3.8, 4) is 0 Å². The molecule has 116 valence electrons. The normalized spacial score (nSPS) is 18.6. The number of hydrogen-bond donors (Lipinski definition) is 1. The lowest BCUT2D eigenvalue weighted by Crippen LogP contribution is -2.47. The van der Waals surface area contributed by atoms with Crippen molar-refractivity contribution >= 4 is 11.7 Å². The Balaban J connectivity index is 2.02. The molecule has 0 spiro atoms. The zero-order valence-electron chi connectivity index (χ0n) is 12.7. The maximum atomic E-state index is 12.3. The van der Waals surface area contributed by atoms with E-state index in [1.807, 2.05) is 11.5 Å². The average Bonchev–Trinajstić information content (AvgIpc) is 2.50. The number of pyridine rings is 1. The number of anilines is 1. The van der Waals surface area contributed by atoms with E-state index in [1.165, 1.54) is 6.07 Å². The number of carbonyl (C=O) groups is 1. The Hall–Kier alpha value is -1.82. The first-order valence-electron chi connectivity index (χ1n) is 7.51. The molecule has 2 amide bonds. The van der Waals surface area contributed by atoms with Crippen molar-refractivity contribution in [3.05, 3.63) is 28.7 Å². The van der Waals surface area contributed by atoms with E-state index in [9.17, 15) is 9.59 Å². The Morgan fingerprint density at radius 3 is 3.00 bits per heavy atom. The maximum Gasteiger partial charge on any atom is 0.322 e. The summed E-state index contributed by atoms with van der Waals surface area (Å²) in [7, 11) is 0. The molecule has 1 aromatic heterocycles. The average molecular weight is 293 g/mol. The molecule has 0 radical (unpaired) electrons. The molecular formula is C15H23N3O3. The van der Waals surface area contributed by atoms with Crippen molar-refractivity contribution in [2.75, 3.05) is 25.0 Å². The molecular weight excluding hydrogens is 270 g/mol. The lowest BCUT2D eigenvalue weighted by molar-refractivity contribution is -0.0162. The summed E-state index contributed by atoms with van der Waals surface area (Å²) in [6.45, 7) is 6.51. The topological polar surface area (TPSA) is 63.6 Å². The third-order valence-electron chi connectivity index (χ3n) is 3.62. The van der Waals surface area contributed by atoms with Crippen LogP contribution in [0.4, 0.5) is 10.5 Å². The largest absolute Gasteiger partial charge is 0.375 e. The van der Waals surface area contributed by atoms with Crippen LogP contribution in [0.25, 0.3) is 0 Å². The molecule has 0 bridgehead atoms. The monoisotopic (exact) mass is 293 g/mol. The van der Waals surface area contributed by atoms with Crippen molar-refractivity contribution in [1.29, 1.82) is 0 Å². The summed E-state index contributed by atoms with van der Waals surface area (Å²) >= 11 is 0. The number of hydrogen-bond acceptors (Lipinski definition) is 3. The fourth-order valence-electron chi connectivity index (χ4n) is 2.41. The summed E-state index contributed by atoms with van der Waals surface area (Å²) in [6.07, 6.45) is 5.45. The number of urea groups is 1. The minimum absolute atomic E-state index is 0.0950. The first kappa shape index (κ1) is 15.6. The Morgan fingerprint density at radius 1 is 1.48 bits per heavy atom. The van der Waals surface area contributed by atoms with Crippen LogP contribution in [0, 0.1) is 0 Å². The van der Waals surface area contributed by atoms with Gasteiger partial charge in [0.05, 0.1) is 12.7 Å². The van der Waals surface area contributed by atoms with Gasteiger partial charge in [0, 0.05) is 38.1 Å². The van der Waals surface area contributed by atoms with Crippen molar-refractivity contribution in [1.82, 2.24) is 9.47 Å². The van der Waals surface area contributed by atoms with Gasteiger partial charge in [0.2, 0.25) is 5.43 Å². The Kier molecular flexibility index (Phi) is 5.38. The molecule has 1 N–H and O–H groups in total. The molecule has 0 aliphatic carbocycles. The minimum Gasteiger partial charge on any atom is -0.375 e. The van der Waals surface area contributed by atoms with Crippen LogP contribution in [0.5, 0.6) is 0 Å². The van der Waals surface area contributed by atoms with Crippen LogP contribution in [0.15, 0.2) is 23.3 Å². The molecule has 0 aromatic carbocycles. The summed E-state index contributed by atoms with van der Waals surface area (Å²) in [5.41, 5.74) is 0.148. The Labute approximate surface area is 124 Å². The Morgan fingerprint density at radius 2 is 2.29 bits per heavy atom. The fraction of sp³-hybridized carbons (Fsp3) is 0.600. The molecule has 1 atom stereocenters. The van der Waals surface area contributed by atoms with E-state index in [-0.39, 0.29) is 17.6 Å². The van der Waals surface area contributed by atoms with Gasteiger partial charge in [-0.25, -0.2) is 4.79 Å². The smallest absolute Gasteiger partial charge is 0.322 e. The van der Waals surface area contributed by atoms with Crippen molar-refractivity contribution in [2.45, 2.75) is 39.3 Å². The van der Waals surface area contributed by atoms with Crippen LogP contribution in [0.2, 0.25) is 0 Å². The zero-order chi connectivity index (χ0) is 15.2. The number of aromatic nitrogens is 1. The van der Waals surface area contributed by atoms with Gasteiger partial charge in [-0.1, -0.05) is 13.3 Å². The van der Waals surface area contributed by atoms with Gasteiger partial charge in [-0.05, 0) is 13.3 Å². The first-order chi connectivity index (χ1) is 10.1. The second kappa shape index (κ2) is 7.26. The first-order valence-corrected chi connectivity index (χ1v) is 7.51. The quantitative estimate of drug-likeness (QED) is 0.922. The SMILES string of the molecule is CCCC1CN(C(=O)Nc2cn(CC)ccc2=O)CCO1. The maximum absolute atomic E-state index is 12.3. The van der Waals surface area contributed by atoms with Crippen LogP contribution in [0.3, 0.4) is 0 Å². The number of nitrogens with one attached hydrogen (secondary N) is 1. The van der Waals surface area contributed by atoms with Crippen LogP contribution >= 0.6 is 0 Å². The van der Waals surface area contributed by atoms with E-state index in [0.29, 0.717) is 25.4 Å². The molecule has 2 heterocycles. The van der Waals surface area contributed by atoms with Crippen LogP contribution in [-0.4, -0.2) is 41.3 Å². The predicted molar refractivity (Wildman–Crippen MR) is 81.6 cm³/mol. The van der Waals surface area contributed by atoms with Crippen molar-refractivity contribution in [2.24, 2.45) is 0 Å². The summed E-state index contributed by atoms with van der Waals surface area (Å²) < 4.78 is 7.48. The molecule has 1 aromatic rings. The number of aryl methyl sites for hydroxylation is 1. The van der Waals surface area contributed by atoms with Gasteiger partial charge in [-0.3, -0.25) is 4.79 Å². The lowest BCUT2D eigenvalue weighted by Gasteiger charge is -2.32. The van der Waals surface area contributed by atoms with Crippen LogP contribution < -0.4 is 10.7 Å². The number of morpholine rings is 1. The number of ether oxygens (including phenoxy) is 1. The minimum atomic E-state index is -0.231. The molecule has 1 aliphatic heterocycles. The molecule has 6 nitrogen and oxygen atoms in total. The predicted octanol–water partition coefficient (Wildman–Crippen LogP) is 1.90. The van der Waals surface area contributed by atoms with Gasteiger partial charge >= 0.3 is 6.03 Å². The van der Waals surface area contributed by atoms with Gasteiger partial charge in [-0.15, -0.1) is 0 Å². The van der Waals surface area contributed by atoms with Crippen LogP contribution in [-0.2, 0) is 11.3 Å². The van der Waals surface area contributed by atoms with E-state index in [4.69, 9.17) is 4.74 Å². The summed E-state index contributed by atoms with van der Waals surface area (Å²) in [6, 6.07) is 1.24. The summed E-state index contributed by atoms with van der Waals surface area (Å²) in [5.74, 6) is 0. The highest BCUT2D eigenvalue weighted by atomic mass is 16.5. The zero-order valence-corrected chi connectivity index (χ0v) is 12.7. The van der Waals surface area contributed by atoms with Crippen molar-refractivity contribution < 1.29 is 9.53 Å². The number of carbonyl (C=O) groups excluding carboxylic acids is 1. The van der Waals surface area contributed by atoms with E-state index < -0.39 is 0 Å². The highest BCUT2D eigenvalue weighted by Crippen LogP contribution is 2.11. The number of nitrogens with zero attached hydrogens (tertiary/aromatic N) is 2. The van der Waals surface area contributed by atoms with Gasteiger partial charge in [0.1, 0.15) is 5.69 Å². The van der Waals surface area contributed by atoms with Gasteiger partial charge < -0.3 is 19.5 Å².